The van der Waals surface area contributed by atoms with Crippen LogP contribution in [0.4, 0.5) is 0 Å². The first-order chi connectivity index (χ1) is 32.6. The van der Waals surface area contributed by atoms with E-state index >= 15 is 0 Å². The van der Waals surface area contributed by atoms with Crippen molar-refractivity contribution >= 4 is 53.3 Å². The van der Waals surface area contributed by atoms with E-state index in [0.29, 0.717) is 22.9 Å². The smallest absolute Gasteiger partial charge is 0.165 e. The van der Waals surface area contributed by atoms with E-state index in [-0.39, 0.29) is 0 Å². The fourth-order valence-corrected chi connectivity index (χ4v) is 14.2. The Hall–Kier alpha value is -7.21. The van der Waals surface area contributed by atoms with Crippen LogP contribution in [0.25, 0.3) is 104 Å². The molecule has 0 unspecified atom stereocenters. The third-order valence-corrected chi connectivity index (χ3v) is 16.7. The van der Waals surface area contributed by atoms with Crippen molar-refractivity contribution in [3.05, 3.63) is 194 Å². The highest BCUT2D eigenvalue weighted by molar-refractivity contribution is 7.26. The fourth-order valence-electron chi connectivity index (χ4n) is 12.9. The molecule has 0 N–H and O–H groups in total. The molecule has 15 rings (SSSR count). The minimum absolute atomic E-state index is 0.355. The minimum Gasteiger partial charge on any atom is -0.309 e. The molecule has 4 saturated carbocycles. The lowest BCUT2D eigenvalue weighted by molar-refractivity contribution is -0.00518. The Morgan fingerprint density at radius 1 is 0.394 bits per heavy atom. The summed E-state index contributed by atoms with van der Waals surface area (Å²) in [4.78, 5) is 16.1. The molecule has 0 saturated heterocycles. The summed E-state index contributed by atoms with van der Waals surface area (Å²) < 4.78 is 4.81. The van der Waals surface area contributed by atoms with E-state index in [2.05, 4.69) is 187 Å². The Morgan fingerprint density at radius 3 is 1.62 bits per heavy atom. The molecule has 4 bridgehead atoms. The first-order valence-electron chi connectivity index (χ1n) is 23.7. The molecule has 4 nitrogen and oxygen atoms in total. The highest BCUT2D eigenvalue weighted by atomic mass is 32.1. The number of nitrogens with zero attached hydrogens (tertiary/aromatic N) is 4. The summed E-state index contributed by atoms with van der Waals surface area (Å²) in [5.74, 6) is 4.71. The molecule has 3 aromatic heterocycles. The van der Waals surface area contributed by atoms with E-state index in [1.807, 2.05) is 17.4 Å². The first-order valence-corrected chi connectivity index (χ1v) is 24.5. The molecule has 0 spiro atoms. The molecule has 3 heterocycles. The quantitative estimate of drug-likeness (QED) is 0.160. The van der Waals surface area contributed by atoms with Crippen molar-refractivity contribution in [3.8, 4) is 62.1 Å². The van der Waals surface area contributed by atoms with Gasteiger partial charge in [0.25, 0.3) is 0 Å². The van der Waals surface area contributed by atoms with Gasteiger partial charge in [0.05, 0.1) is 11.0 Å². The van der Waals surface area contributed by atoms with Gasteiger partial charge < -0.3 is 4.57 Å². The first kappa shape index (κ1) is 38.1. The van der Waals surface area contributed by atoms with Gasteiger partial charge in [0.2, 0.25) is 0 Å². The number of aromatic nitrogens is 4. The second-order valence-electron chi connectivity index (χ2n) is 19.4. The van der Waals surface area contributed by atoms with E-state index in [0.717, 1.165) is 40.1 Å². The number of rotatable bonds is 7. The van der Waals surface area contributed by atoms with Crippen molar-refractivity contribution in [2.45, 2.75) is 43.9 Å². The SMILES string of the molecule is c1ccc(-c2nc(-c3cccc(-n4c5ccccc5c5ccccc54)c3)nc(-c3cc(-c4ccc(C56CC7CC(CC(C7)C5)C6)cc4)cc4c3sc3c(-c5ccccc5)cccc34)n2)cc1. The summed E-state index contributed by atoms with van der Waals surface area (Å²) in [5, 5.41) is 4.94. The molecule has 4 aliphatic carbocycles. The van der Waals surface area contributed by atoms with Gasteiger partial charge in [-0.1, -0.05) is 152 Å². The van der Waals surface area contributed by atoms with Gasteiger partial charge in [-0.25, -0.2) is 15.0 Å². The van der Waals surface area contributed by atoms with Crippen LogP contribution in [0.3, 0.4) is 0 Å². The summed E-state index contributed by atoms with van der Waals surface area (Å²) in [6.07, 6.45) is 8.47. The molecule has 5 heteroatoms. The second kappa shape index (κ2) is 14.9. The molecular weight excluding hydrogens is 821 g/mol. The molecule has 8 aromatic carbocycles. The van der Waals surface area contributed by atoms with Gasteiger partial charge in [-0.2, -0.15) is 0 Å². The monoisotopic (exact) mass is 866 g/mol. The lowest BCUT2D eigenvalue weighted by Crippen LogP contribution is -2.48. The van der Waals surface area contributed by atoms with Crippen molar-refractivity contribution in [3.63, 3.8) is 0 Å². The van der Waals surface area contributed by atoms with Crippen molar-refractivity contribution in [2.75, 3.05) is 0 Å². The number of fused-ring (bicyclic) bond motifs is 6. The van der Waals surface area contributed by atoms with Gasteiger partial charge in [0.1, 0.15) is 0 Å². The predicted molar refractivity (Wildman–Crippen MR) is 274 cm³/mol. The lowest BCUT2D eigenvalue weighted by Gasteiger charge is -2.57. The van der Waals surface area contributed by atoms with Gasteiger partial charge >= 0.3 is 0 Å². The van der Waals surface area contributed by atoms with Crippen LogP contribution in [0, 0.1) is 17.8 Å². The van der Waals surface area contributed by atoms with E-state index in [9.17, 15) is 0 Å². The molecule has 0 aliphatic heterocycles. The second-order valence-corrected chi connectivity index (χ2v) is 20.4. The normalized spacial score (nSPS) is 20.0. The van der Waals surface area contributed by atoms with E-state index < -0.39 is 0 Å². The largest absolute Gasteiger partial charge is 0.309 e. The minimum atomic E-state index is 0.355. The number of thiophene rings is 1. The van der Waals surface area contributed by atoms with Crippen LogP contribution in [0.2, 0.25) is 0 Å². The number of para-hydroxylation sites is 2. The molecule has 0 amide bonds. The third-order valence-electron chi connectivity index (χ3n) is 15.4. The highest BCUT2D eigenvalue weighted by Gasteiger charge is 2.51. The lowest BCUT2D eigenvalue weighted by atomic mass is 9.48. The maximum atomic E-state index is 5.48. The van der Waals surface area contributed by atoms with E-state index in [1.165, 1.54) is 103 Å². The maximum Gasteiger partial charge on any atom is 0.165 e. The zero-order chi connectivity index (χ0) is 43.3. The summed E-state index contributed by atoms with van der Waals surface area (Å²) in [7, 11) is 0. The Kier molecular flexibility index (Phi) is 8.61. The van der Waals surface area contributed by atoms with Gasteiger partial charge in [0.15, 0.2) is 17.5 Å². The Morgan fingerprint density at radius 2 is 0.939 bits per heavy atom. The molecule has 66 heavy (non-hydrogen) atoms. The number of benzene rings is 8. The topological polar surface area (TPSA) is 43.6 Å². The van der Waals surface area contributed by atoms with Crippen LogP contribution in [-0.2, 0) is 5.41 Å². The predicted octanol–water partition coefficient (Wildman–Crippen LogP) is 16.1. The van der Waals surface area contributed by atoms with Crippen LogP contribution in [0.15, 0.2) is 188 Å². The molecule has 4 fully saturated rings. The maximum absolute atomic E-state index is 5.48. The Labute approximate surface area is 388 Å². The molecule has 4 aliphatic rings. The highest BCUT2D eigenvalue weighted by Crippen LogP contribution is 2.61. The average molecular weight is 867 g/mol. The third kappa shape index (κ3) is 6.13. The van der Waals surface area contributed by atoms with Crippen LogP contribution < -0.4 is 0 Å². The zero-order valence-corrected chi connectivity index (χ0v) is 37.4. The zero-order valence-electron chi connectivity index (χ0n) is 36.6. The summed E-state index contributed by atoms with van der Waals surface area (Å²) >= 11 is 1.85. The molecule has 0 radical (unpaired) electrons. The average Bonchev–Trinajstić information content (AvgIpc) is 3.92. The van der Waals surface area contributed by atoms with Gasteiger partial charge in [-0.15, -0.1) is 11.3 Å². The van der Waals surface area contributed by atoms with Gasteiger partial charge in [-0.05, 0) is 126 Å². The van der Waals surface area contributed by atoms with Gasteiger partial charge in [0, 0.05) is 53.3 Å². The molecule has 316 valence electrons. The van der Waals surface area contributed by atoms with E-state index in [1.54, 1.807) is 5.56 Å². The summed E-state index contributed by atoms with van der Waals surface area (Å²) in [6.45, 7) is 0. The number of hydrogen-bond donors (Lipinski definition) is 0. The van der Waals surface area contributed by atoms with Gasteiger partial charge in [-0.3, -0.25) is 0 Å². The summed E-state index contributed by atoms with van der Waals surface area (Å²) in [5.41, 5.74) is 13.1. The standard InChI is InChI=1S/C61H46N4S/c1-3-13-42(14-4-1)48-21-12-22-51-52-33-45(41-25-27-46(28-26-41)61-35-38-29-39(36-61)31-40(30-38)37-61)34-53(57(52)66-56(48)51)60-63-58(43-15-5-2-6-16-43)62-59(64-60)44-17-11-18-47(32-44)65-54-23-9-7-19-49(54)50-20-8-10-24-55(50)65/h1-28,32-34,38-40H,29-31,35-37H2. The van der Waals surface area contributed by atoms with Crippen molar-refractivity contribution in [1.82, 2.24) is 19.5 Å². The van der Waals surface area contributed by atoms with Crippen molar-refractivity contribution in [2.24, 2.45) is 17.8 Å². The fraction of sp³-hybridized carbons (Fsp3) is 0.164. The van der Waals surface area contributed by atoms with Crippen molar-refractivity contribution < 1.29 is 0 Å². The molecule has 0 atom stereocenters. The van der Waals surface area contributed by atoms with Crippen LogP contribution >= 0.6 is 11.3 Å². The number of hydrogen-bond acceptors (Lipinski definition) is 4. The summed E-state index contributed by atoms with van der Waals surface area (Å²) in [6, 6.07) is 68.4. The Balaban J connectivity index is 0.969. The van der Waals surface area contributed by atoms with Crippen LogP contribution in [0.5, 0.6) is 0 Å². The Bertz CT molecular complexity index is 3590. The van der Waals surface area contributed by atoms with E-state index in [4.69, 9.17) is 15.0 Å². The molecular formula is C61H46N4S. The van der Waals surface area contributed by atoms with Crippen LogP contribution in [-0.4, -0.2) is 19.5 Å². The van der Waals surface area contributed by atoms with Crippen LogP contribution in [0.1, 0.15) is 44.1 Å². The molecule has 11 aromatic rings. The van der Waals surface area contributed by atoms with Crippen molar-refractivity contribution in [1.29, 1.82) is 0 Å².